The summed E-state index contributed by atoms with van der Waals surface area (Å²) in [4.78, 5) is 23.9. The van der Waals surface area contributed by atoms with Gasteiger partial charge in [0.2, 0.25) is 5.91 Å². The fourth-order valence-electron chi connectivity index (χ4n) is 2.89. The van der Waals surface area contributed by atoms with Crippen molar-refractivity contribution in [3.63, 3.8) is 0 Å². The van der Waals surface area contributed by atoms with Crippen LogP contribution in [0.15, 0.2) is 42.5 Å². The number of ether oxygens (including phenoxy) is 5. The van der Waals surface area contributed by atoms with Gasteiger partial charge in [-0.15, -0.1) is 0 Å². The molecule has 0 bridgehead atoms. The number of hydrogen-bond acceptors (Lipinski definition) is 7. The quantitative estimate of drug-likeness (QED) is 0.419. The number of carbonyl (C=O) groups excluding carboxylic acids is 2. The lowest BCUT2D eigenvalue weighted by Crippen LogP contribution is -2.24. The van der Waals surface area contributed by atoms with E-state index in [1.54, 1.807) is 57.6 Å². The Morgan fingerprint density at radius 3 is 2.25 bits per heavy atom. The molecular weight excluding hydrogens is 414 g/mol. The SMILES string of the molecule is CCOC(=O)COc1ccc(C(C)NC(=O)C=Cc2ccc(OC)c(OC)c2)cc1OC. The van der Waals surface area contributed by atoms with Crippen molar-refractivity contribution in [2.24, 2.45) is 0 Å². The zero-order chi connectivity index (χ0) is 23.5. The number of benzene rings is 2. The molecule has 0 aliphatic rings. The summed E-state index contributed by atoms with van der Waals surface area (Å²) in [6, 6.07) is 10.3. The predicted octanol–water partition coefficient (Wildman–Crippen LogP) is 3.54. The Morgan fingerprint density at radius 2 is 1.59 bits per heavy atom. The van der Waals surface area contributed by atoms with Crippen molar-refractivity contribution in [3.8, 4) is 23.0 Å². The van der Waals surface area contributed by atoms with Crippen molar-refractivity contribution in [1.82, 2.24) is 5.32 Å². The Labute approximate surface area is 188 Å². The van der Waals surface area contributed by atoms with Gasteiger partial charge in [-0.1, -0.05) is 12.1 Å². The molecule has 2 aromatic rings. The highest BCUT2D eigenvalue weighted by Gasteiger charge is 2.13. The molecule has 0 saturated carbocycles. The van der Waals surface area contributed by atoms with Gasteiger partial charge >= 0.3 is 5.97 Å². The third-order valence-electron chi connectivity index (χ3n) is 4.53. The van der Waals surface area contributed by atoms with Gasteiger partial charge < -0.3 is 29.0 Å². The predicted molar refractivity (Wildman–Crippen MR) is 120 cm³/mol. The molecule has 2 rings (SSSR count). The van der Waals surface area contributed by atoms with Crippen LogP contribution in [-0.2, 0) is 14.3 Å². The summed E-state index contributed by atoms with van der Waals surface area (Å²) in [6.07, 6.45) is 3.14. The molecule has 32 heavy (non-hydrogen) atoms. The standard InChI is InChI=1S/C24H29NO7/c1-6-31-24(27)15-32-20-11-9-18(14-22(20)30-5)16(2)25-23(26)12-8-17-7-10-19(28-3)21(13-17)29-4/h7-14,16H,6,15H2,1-5H3,(H,25,26). The molecule has 1 amide bonds. The third-order valence-corrected chi connectivity index (χ3v) is 4.53. The lowest BCUT2D eigenvalue weighted by atomic mass is 10.1. The van der Waals surface area contributed by atoms with Crippen molar-refractivity contribution in [1.29, 1.82) is 0 Å². The number of hydrogen-bond donors (Lipinski definition) is 1. The van der Waals surface area contributed by atoms with E-state index in [9.17, 15) is 9.59 Å². The molecule has 2 aromatic carbocycles. The first-order valence-electron chi connectivity index (χ1n) is 10.1. The Balaban J connectivity index is 2.02. The Bertz CT molecular complexity index is 955. The van der Waals surface area contributed by atoms with Crippen LogP contribution < -0.4 is 24.3 Å². The second-order valence-electron chi connectivity index (χ2n) is 6.68. The number of methoxy groups -OCH3 is 3. The molecule has 8 heteroatoms. The van der Waals surface area contributed by atoms with Crippen LogP contribution in [0, 0.1) is 0 Å². The van der Waals surface area contributed by atoms with E-state index in [4.69, 9.17) is 23.7 Å². The number of esters is 1. The summed E-state index contributed by atoms with van der Waals surface area (Å²) in [5.74, 6) is 1.35. The summed E-state index contributed by atoms with van der Waals surface area (Å²) in [5.41, 5.74) is 1.62. The molecule has 0 spiro atoms. The topological polar surface area (TPSA) is 92.3 Å². The molecule has 0 saturated heterocycles. The summed E-state index contributed by atoms with van der Waals surface area (Å²) in [5, 5.41) is 2.90. The van der Waals surface area contributed by atoms with Gasteiger partial charge in [-0.25, -0.2) is 4.79 Å². The number of rotatable bonds is 11. The first kappa shape index (κ1) is 24.6. The molecule has 0 aliphatic heterocycles. The van der Waals surface area contributed by atoms with Crippen LogP contribution in [0.4, 0.5) is 0 Å². The van der Waals surface area contributed by atoms with Crippen LogP contribution in [0.2, 0.25) is 0 Å². The highest BCUT2D eigenvalue weighted by Crippen LogP contribution is 2.30. The Kier molecular flexibility index (Phi) is 9.41. The van der Waals surface area contributed by atoms with E-state index in [2.05, 4.69) is 5.32 Å². The van der Waals surface area contributed by atoms with Gasteiger partial charge in [0.05, 0.1) is 34.0 Å². The van der Waals surface area contributed by atoms with Crippen LogP contribution in [0.3, 0.4) is 0 Å². The molecule has 8 nitrogen and oxygen atoms in total. The minimum absolute atomic E-state index is 0.212. The van der Waals surface area contributed by atoms with Crippen molar-refractivity contribution in [2.75, 3.05) is 34.5 Å². The minimum atomic E-state index is -0.458. The third kappa shape index (κ3) is 6.94. The molecule has 0 aromatic heterocycles. The molecule has 0 radical (unpaired) electrons. The van der Waals surface area contributed by atoms with E-state index < -0.39 is 5.97 Å². The molecule has 1 atom stereocenters. The van der Waals surface area contributed by atoms with Crippen LogP contribution in [0.25, 0.3) is 6.08 Å². The van der Waals surface area contributed by atoms with Gasteiger partial charge in [0.15, 0.2) is 29.6 Å². The van der Waals surface area contributed by atoms with Crippen molar-refractivity contribution in [2.45, 2.75) is 19.9 Å². The highest BCUT2D eigenvalue weighted by atomic mass is 16.6. The summed E-state index contributed by atoms with van der Waals surface area (Å²) in [6.45, 7) is 3.66. The van der Waals surface area contributed by atoms with Gasteiger partial charge in [-0.3, -0.25) is 4.79 Å². The Hall–Kier alpha value is -3.68. The zero-order valence-electron chi connectivity index (χ0n) is 19.0. The average molecular weight is 443 g/mol. The van der Waals surface area contributed by atoms with Crippen LogP contribution in [-0.4, -0.2) is 46.4 Å². The van der Waals surface area contributed by atoms with Gasteiger partial charge in [0.25, 0.3) is 0 Å². The van der Waals surface area contributed by atoms with Crippen molar-refractivity contribution < 1.29 is 33.3 Å². The highest BCUT2D eigenvalue weighted by molar-refractivity contribution is 5.92. The van der Waals surface area contributed by atoms with Gasteiger partial charge in [0.1, 0.15) is 0 Å². The fraction of sp³-hybridized carbons (Fsp3) is 0.333. The molecule has 0 fully saturated rings. The first-order valence-corrected chi connectivity index (χ1v) is 10.1. The van der Waals surface area contributed by atoms with Gasteiger partial charge in [-0.2, -0.15) is 0 Å². The van der Waals surface area contributed by atoms with Crippen LogP contribution in [0.5, 0.6) is 23.0 Å². The van der Waals surface area contributed by atoms with E-state index in [1.807, 2.05) is 13.0 Å². The molecule has 0 aliphatic carbocycles. The summed E-state index contributed by atoms with van der Waals surface area (Å²) < 4.78 is 26.2. The maximum atomic E-state index is 12.4. The van der Waals surface area contributed by atoms with E-state index in [0.717, 1.165) is 11.1 Å². The smallest absolute Gasteiger partial charge is 0.344 e. The van der Waals surface area contributed by atoms with Gasteiger partial charge in [0, 0.05) is 6.08 Å². The second kappa shape index (κ2) is 12.2. The van der Waals surface area contributed by atoms with Crippen LogP contribution in [0.1, 0.15) is 31.0 Å². The molecule has 1 unspecified atom stereocenters. The molecular formula is C24H29NO7. The average Bonchev–Trinajstić information content (AvgIpc) is 2.81. The van der Waals surface area contributed by atoms with Crippen molar-refractivity contribution in [3.05, 3.63) is 53.6 Å². The maximum absolute atomic E-state index is 12.4. The maximum Gasteiger partial charge on any atom is 0.344 e. The Morgan fingerprint density at radius 1 is 0.938 bits per heavy atom. The lowest BCUT2D eigenvalue weighted by molar-refractivity contribution is -0.145. The molecule has 172 valence electrons. The lowest BCUT2D eigenvalue weighted by Gasteiger charge is -2.16. The molecule has 0 heterocycles. The number of nitrogens with one attached hydrogen (secondary N) is 1. The van der Waals surface area contributed by atoms with E-state index in [1.165, 1.54) is 13.2 Å². The summed E-state index contributed by atoms with van der Waals surface area (Å²) >= 11 is 0. The normalized spacial score (nSPS) is 11.5. The van der Waals surface area contributed by atoms with Crippen LogP contribution >= 0.6 is 0 Å². The largest absolute Gasteiger partial charge is 0.493 e. The fourth-order valence-corrected chi connectivity index (χ4v) is 2.89. The summed E-state index contributed by atoms with van der Waals surface area (Å²) in [7, 11) is 4.63. The van der Waals surface area contributed by atoms with Gasteiger partial charge in [-0.05, 0) is 55.3 Å². The first-order chi connectivity index (χ1) is 15.4. The van der Waals surface area contributed by atoms with E-state index in [0.29, 0.717) is 23.0 Å². The second-order valence-corrected chi connectivity index (χ2v) is 6.68. The monoisotopic (exact) mass is 443 g/mol. The number of amides is 1. The van der Waals surface area contributed by atoms with E-state index in [-0.39, 0.29) is 25.2 Å². The number of carbonyl (C=O) groups is 2. The van der Waals surface area contributed by atoms with E-state index >= 15 is 0 Å². The molecule has 1 N–H and O–H groups in total. The zero-order valence-corrected chi connectivity index (χ0v) is 19.0. The van der Waals surface area contributed by atoms with Crippen molar-refractivity contribution >= 4 is 18.0 Å². The minimum Gasteiger partial charge on any atom is -0.493 e.